The van der Waals surface area contributed by atoms with Crippen molar-refractivity contribution in [3.8, 4) is 0 Å². The monoisotopic (exact) mass is 263 g/mol. The molecule has 0 aromatic rings. The maximum atomic E-state index is 9.99. The predicted octanol–water partition coefficient (Wildman–Crippen LogP) is -1.09. The van der Waals surface area contributed by atoms with Crippen molar-refractivity contribution in [2.45, 2.75) is 56.8 Å². The molecule has 0 amide bonds. The fourth-order valence-corrected chi connectivity index (χ4v) is 2.32. The maximum Gasteiger partial charge on any atom is 0.173 e. The Morgan fingerprint density at radius 3 is 2.33 bits per heavy atom. The van der Waals surface area contributed by atoms with Crippen molar-refractivity contribution < 1.29 is 25.2 Å². The van der Waals surface area contributed by atoms with E-state index in [1.54, 1.807) is 11.9 Å². The lowest BCUT2D eigenvalue weighted by molar-refractivity contribution is -0.270. The summed E-state index contributed by atoms with van der Waals surface area (Å²) in [6.07, 6.45) is -1.32. The van der Waals surface area contributed by atoms with Gasteiger partial charge in [-0.3, -0.25) is 4.90 Å². The first kappa shape index (κ1) is 15.8. The molecule has 1 heterocycles. The second kappa shape index (κ2) is 7.37. The van der Waals surface area contributed by atoms with Gasteiger partial charge in [0.2, 0.25) is 0 Å². The molecule has 1 unspecified atom stereocenters. The van der Waals surface area contributed by atoms with Crippen molar-refractivity contribution in [2.75, 3.05) is 20.2 Å². The SMILES string of the molecule is CCCCCN(C)[C@H]1C(O)O[C@H](CO)[C@@H](O)[C@@H]1O. The fraction of sp³-hybridized carbons (Fsp3) is 1.00. The predicted molar refractivity (Wildman–Crippen MR) is 65.9 cm³/mol. The van der Waals surface area contributed by atoms with Crippen molar-refractivity contribution in [3.63, 3.8) is 0 Å². The Morgan fingerprint density at radius 2 is 1.78 bits per heavy atom. The van der Waals surface area contributed by atoms with E-state index in [1.807, 2.05) is 0 Å². The number of aliphatic hydroxyl groups is 4. The second-order valence-electron chi connectivity index (χ2n) is 4.91. The topological polar surface area (TPSA) is 93.4 Å². The van der Waals surface area contributed by atoms with E-state index in [2.05, 4.69) is 6.92 Å². The summed E-state index contributed by atoms with van der Waals surface area (Å²) >= 11 is 0. The fourth-order valence-electron chi connectivity index (χ4n) is 2.32. The Kier molecular flexibility index (Phi) is 6.48. The Hall–Kier alpha value is -0.240. The summed E-state index contributed by atoms with van der Waals surface area (Å²) in [6.45, 7) is 2.39. The van der Waals surface area contributed by atoms with Crippen LogP contribution in [0.4, 0.5) is 0 Å². The largest absolute Gasteiger partial charge is 0.394 e. The van der Waals surface area contributed by atoms with E-state index in [0.717, 1.165) is 19.3 Å². The molecular weight excluding hydrogens is 238 g/mol. The highest BCUT2D eigenvalue weighted by molar-refractivity contribution is 4.93. The Morgan fingerprint density at radius 1 is 1.11 bits per heavy atom. The van der Waals surface area contributed by atoms with Crippen LogP contribution in [0, 0.1) is 0 Å². The zero-order valence-corrected chi connectivity index (χ0v) is 11.1. The quantitative estimate of drug-likeness (QED) is 0.455. The lowest BCUT2D eigenvalue weighted by Gasteiger charge is -2.44. The van der Waals surface area contributed by atoms with E-state index in [-0.39, 0.29) is 0 Å². The minimum atomic E-state index is -1.20. The van der Waals surface area contributed by atoms with Crippen LogP contribution in [0.1, 0.15) is 26.2 Å². The average Bonchev–Trinajstić information content (AvgIpc) is 2.34. The Balaban J connectivity index is 2.58. The van der Waals surface area contributed by atoms with Crippen LogP contribution in [0.25, 0.3) is 0 Å². The van der Waals surface area contributed by atoms with E-state index in [1.165, 1.54) is 0 Å². The van der Waals surface area contributed by atoms with Gasteiger partial charge >= 0.3 is 0 Å². The summed E-state index contributed by atoms with van der Waals surface area (Å²) in [4.78, 5) is 1.79. The molecule has 1 rings (SSSR count). The highest BCUT2D eigenvalue weighted by Crippen LogP contribution is 2.23. The molecule has 18 heavy (non-hydrogen) atoms. The van der Waals surface area contributed by atoms with Crippen LogP contribution < -0.4 is 0 Å². The lowest BCUT2D eigenvalue weighted by atomic mass is 9.96. The second-order valence-corrected chi connectivity index (χ2v) is 4.91. The molecule has 0 bridgehead atoms. The summed E-state index contributed by atoms with van der Waals surface area (Å²) in [5.74, 6) is 0. The van der Waals surface area contributed by atoms with E-state index >= 15 is 0 Å². The number of ether oxygens (including phenoxy) is 1. The minimum absolute atomic E-state index is 0.429. The summed E-state index contributed by atoms with van der Waals surface area (Å²) in [5, 5.41) is 38.6. The van der Waals surface area contributed by atoms with Gasteiger partial charge in [-0.05, 0) is 20.0 Å². The average molecular weight is 263 g/mol. The molecule has 0 aliphatic carbocycles. The molecule has 1 saturated heterocycles. The normalized spacial score (nSPS) is 37.2. The Bertz CT molecular complexity index is 241. The maximum absolute atomic E-state index is 9.99. The number of hydrogen-bond acceptors (Lipinski definition) is 6. The summed E-state index contributed by atoms with van der Waals surface area (Å²) < 4.78 is 5.11. The van der Waals surface area contributed by atoms with E-state index in [0.29, 0.717) is 6.54 Å². The third-order valence-corrected chi connectivity index (χ3v) is 3.49. The molecular formula is C12H25NO5. The number of aliphatic hydroxyl groups excluding tert-OH is 4. The van der Waals surface area contributed by atoms with Crippen LogP contribution in [-0.4, -0.2) is 76.2 Å². The minimum Gasteiger partial charge on any atom is -0.394 e. The van der Waals surface area contributed by atoms with Gasteiger partial charge in [-0.25, -0.2) is 0 Å². The van der Waals surface area contributed by atoms with Gasteiger partial charge in [-0.1, -0.05) is 19.8 Å². The summed E-state index contributed by atoms with van der Waals surface area (Å²) in [5.41, 5.74) is 0. The molecule has 0 radical (unpaired) electrons. The van der Waals surface area contributed by atoms with Gasteiger partial charge in [-0.15, -0.1) is 0 Å². The van der Waals surface area contributed by atoms with Crippen molar-refractivity contribution in [1.29, 1.82) is 0 Å². The molecule has 6 nitrogen and oxygen atoms in total. The lowest BCUT2D eigenvalue weighted by Crippen LogP contribution is -2.63. The molecule has 1 aliphatic heterocycles. The third kappa shape index (κ3) is 3.63. The molecule has 4 N–H and O–H groups in total. The number of nitrogens with zero attached hydrogens (tertiary/aromatic N) is 1. The van der Waals surface area contributed by atoms with Gasteiger partial charge < -0.3 is 25.2 Å². The van der Waals surface area contributed by atoms with Crippen molar-refractivity contribution in [3.05, 3.63) is 0 Å². The van der Waals surface area contributed by atoms with Crippen LogP contribution in [0.5, 0.6) is 0 Å². The van der Waals surface area contributed by atoms with E-state index in [4.69, 9.17) is 9.84 Å². The van der Waals surface area contributed by atoms with Gasteiger partial charge in [-0.2, -0.15) is 0 Å². The number of unbranched alkanes of at least 4 members (excludes halogenated alkanes) is 2. The first-order valence-electron chi connectivity index (χ1n) is 6.53. The molecule has 108 valence electrons. The first-order valence-corrected chi connectivity index (χ1v) is 6.53. The van der Waals surface area contributed by atoms with Crippen LogP contribution in [0.3, 0.4) is 0 Å². The number of hydrogen-bond donors (Lipinski definition) is 4. The standard InChI is InChI=1S/C12H25NO5/c1-3-4-5-6-13(2)9-11(16)10(15)8(7-14)18-12(9)17/h8-12,14-17H,3-7H2,1-2H3/t8-,9-,10-,11-,12?/m1/s1. The van der Waals surface area contributed by atoms with Gasteiger partial charge in [0.1, 0.15) is 18.3 Å². The molecule has 5 atom stereocenters. The first-order chi connectivity index (χ1) is 8.52. The van der Waals surface area contributed by atoms with Gasteiger partial charge in [0.25, 0.3) is 0 Å². The summed E-state index contributed by atoms with van der Waals surface area (Å²) in [7, 11) is 1.78. The zero-order chi connectivity index (χ0) is 13.7. The Labute approximate surface area is 108 Å². The molecule has 0 spiro atoms. The van der Waals surface area contributed by atoms with Crippen molar-refractivity contribution in [2.24, 2.45) is 0 Å². The van der Waals surface area contributed by atoms with Crippen LogP contribution >= 0.6 is 0 Å². The number of likely N-dealkylation sites (N-methyl/N-ethyl adjacent to an activating group) is 1. The highest BCUT2D eigenvalue weighted by Gasteiger charge is 2.45. The van der Waals surface area contributed by atoms with Crippen LogP contribution in [-0.2, 0) is 4.74 Å². The molecule has 0 aromatic heterocycles. The highest BCUT2D eigenvalue weighted by atomic mass is 16.6. The summed E-state index contributed by atoms with van der Waals surface area (Å²) in [6, 6.07) is -0.667. The van der Waals surface area contributed by atoms with E-state index < -0.39 is 37.3 Å². The van der Waals surface area contributed by atoms with Crippen LogP contribution in [0.2, 0.25) is 0 Å². The number of rotatable bonds is 6. The van der Waals surface area contributed by atoms with Crippen LogP contribution in [0.15, 0.2) is 0 Å². The van der Waals surface area contributed by atoms with Gasteiger partial charge in [0.05, 0.1) is 12.6 Å². The molecule has 1 fully saturated rings. The van der Waals surface area contributed by atoms with Gasteiger partial charge in [0.15, 0.2) is 6.29 Å². The van der Waals surface area contributed by atoms with Crippen molar-refractivity contribution >= 4 is 0 Å². The smallest absolute Gasteiger partial charge is 0.173 e. The third-order valence-electron chi connectivity index (χ3n) is 3.49. The van der Waals surface area contributed by atoms with Gasteiger partial charge in [0, 0.05) is 0 Å². The molecule has 6 heteroatoms. The van der Waals surface area contributed by atoms with E-state index in [9.17, 15) is 15.3 Å². The molecule has 0 saturated carbocycles. The zero-order valence-electron chi connectivity index (χ0n) is 11.1. The molecule has 0 aromatic carbocycles. The molecule has 1 aliphatic rings. The van der Waals surface area contributed by atoms with Crippen molar-refractivity contribution in [1.82, 2.24) is 4.90 Å².